The normalized spacial score (nSPS) is 15.8. The molecule has 13 heteroatoms. The Morgan fingerprint density at radius 2 is 2.08 bits per heavy atom. The molecule has 2 atom stereocenters. The van der Waals surface area contributed by atoms with Crippen LogP contribution in [0.4, 0.5) is 16.3 Å². The third kappa shape index (κ3) is 5.21. The first-order valence-electron chi connectivity index (χ1n) is 12.9. The summed E-state index contributed by atoms with van der Waals surface area (Å²) in [6, 6.07) is 10.4. The largest absolute Gasteiger partial charge is 0.491 e. The Kier molecular flexibility index (Phi) is 6.83. The number of imidazole rings is 2. The monoisotopic (exact) mass is 541 g/mol. The second-order valence-electron chi connectivity index (χ2n) is 9.56. The summed E-state index contributed by atoms with van der Waals surface area (Å²) >= 11 is 0. The maximum absolute atomic E-state index is 13.0. The van der Waals surface area contributed by atoms with Crippen molar-refractivity contribution in [2.45, 2.75) is 31.3 Å². The van der Waals surface area contributed by atoms with Gasteiger partial charge in [-0.1, -0.05) is 18.2 Å². The number of fused-ring (bicyclic) bond motifs is 2. The van der Waals surface area contributed by atoms with Crippen molar-refractivity contribution in [3.8, 4) is 5.75 Å². The second kappa shape index (κ2) is 10.9. The minimum Gasteiger partial charge on any atom is -0.491 e. The lowest BCUT2D eigenvalue weighted by Gasteiger charge is -2.26. The summed E-state index contributed by atoms with van der Waals surface area (Å²) in [5.74, 6) is 1.02. The molecule has 1 unspecified atom stereocenters. The number of aromatic nitrogens is 6. The Balaban J connectivity index is 1.19. The highest BCUT2D eigenvalue weighted by Gasteiger charge is 2.28. The van der Waals surface area contributed by atoms with E-state index < -0.39 is 18.0 Å². The molecule has 0 saturated carbocycles. The number of nitrogens with one attached hydrogen (secondary N) is 4. The first kappa shape index (κ1) is 25.1. The van der Waals surface area contributed by atoms with E-state index in [4.69, 9.17) is 4.74 Å². The van der Waals surface area contributed by atoms with Crippen molar-refractivity contribution in [1.29, 1.82) is 0 Å². The lowest BCUT2D eigenvalue weighted by atomic mass is 10.1. The van der Waals surface area contributed by atoms with Crippen molar-refractivity contribution in [3.63, 3.8) is 0 Å². The molecule has 6 rings (SSSR count). The van der Waals surface area contributed by atoms with Crippen LogP contribution in [0.5, 0.6) is 5.75 Å². The molecule has 0 bridgehead atoms. The second-order valence-corrected chi connectivity index (χ2v) is 9.56. The molecule has 0 spiro atoms. The van der Waals surface area contributed by atoms with E-state index >= 15 is 0 Å². The molecular formula is C27H27N9O4. The highest BCUT2D eigenvalue weighted by Crippen LogP contribution is 2.31. The number of benzene rings is 2. The zero-order valence-corrected chi connectivity index (χ0v) is 21.4. The summed E-state index contributed by atoms with van der Waals surface area (Å²) in [6.07, 6.45) is 7.00. The topological polar surface area (TPSA) is 174 Å². The maximum Gasteiger partial charge on any atom is 0.405 e. The highest BCUT2D eigenvalue weighted by atomic mass is 16.5. The Hall–Kier alpha value is -5.20. The Bertz CT molecular complexity index is 1650. The molecule has 4 heterocycles. The van der Waals surface area contributed by atoms with Gasteiger partial charge in [0.15, 0.2) is 11.5 Å². The maximum atomic E-state index is 13.0. The predicted octanol–water partition coefficient (Wildman–Crippen LogP) is 3.09. The van der Waals surface area contributed by atoms with Gasteiger partial charge in [0.1, 0.15) is 30.2 Å². The van der Waals surface area contributed by atoms with Gasteiger partial charge in [0.25, 0.3) is 0 Å². The number of carbonyl (C=O) groups is 2. The molecule has 40 heavy (non-hydrogen) atoms. The predicted molar refractivity (Wildman–Crippen MR) is 147 cm³/mol. The van der Waals surface area contributed by atoms with Crippen molar-refractivity contribution < 1.29 is 19.4 Å². The van der Waals surface area contributed by atoms with E-state index in [2.05, 4.69) is 45.4 Å². The van der Waals surface area contributed by atoms with Gasteiger partial charge in [-0.3, -0.25) is 4.79 Å². The van der Waals surface area contributed by atoms with E-state index in [9.17, 15) is 14.7 Å². The van der Waals surface area contributed by atoms with Gasteiger partial charge in [-0.15, -0.1) is 0 Å². The molecule has 204 valence electrons. The Morgan fingerprint density at radius 1 is 1.15 bits per heavy atom. The number of carboxylic acid groups (broad SMARTS) is 1. The van der Waals surface area contributed by atoms with Gasteiger partial charge in [-0.25, -0.2) is 24.7 Å². The number of H-pyrrole nitrogens is 2. The van der Waals surface area contributed by atoms with Crippen LogP contribution in [0.15, 0.2) is 61.6 Å². The minimum atomic E-state index is -1.29. The lowest BCUT2D eigenvalue weighted by molar-refractivity contribution is -0.118. The van der Waals surface area contributed by atoms with Crippen LogP contribution in [-0.2, 0) is 11.2 Å². The van der Waals surface area contributed by atoms with E-state index in [-0.39, 0.29) is 12.5 Å². The summed E-state index contributed by atoms with van der Waals surface area (Å²) in [7, 11) is 0. The molecule has 13 nitrogen and oxygen atoms in total. The van der Waals surface area contributed by atoms with Gasteiger partial charge in [-0.05, 0) is 36.4 Å². The first-order valence-corrected chi connectivity index (χ1v) is 12.9. The summed E-state index contributed by atoms with van der Waals surface area (Å²) in [5.41, 5.74) is 2.61. The number of aromatic amines is 2. The zero-order valence-electron chi connectivity index (χ0n) is 21.4. The van der Waals surface area contributed by atoms with Crippen molar-refractivity contribution in [2.75, 3.05) is 23.4 Å². The Morgan fingerprint density at radius 3 is 2.92 bits per heavy atom. The van der Waals surface area contributed by atoms with Crippen LogP contribution in [0, 0.1) is 0 Å². The van der Waals surface area contributed by atoms with Crippen molar-refractivity contribution in [2.24, 2.45) is 0 Å². The number of hydrogen-bond acceptors (Lipinski definition) is 8. The van der Waals surface area contributed by atoms with Crippen LogP contribution in [0.3, 0.4) is 0 Å². The van der Waals surface area contributed by atoms with Crippen LogP contribution in [0.2, 0.25) is 0 Å². The number of ether oxygens (including phenoxy) is 1. The lowest BCUT2D eigenvalue weighted by Crippen LogP contribution is -2.44. The highest BCUT2D eigenvalue weighted by molar-refractivity contribution is 5.99. The quantitative estimate of drug-likeness (QED) is 0.188. The molecule has 5 aromatic rings. The fourth-order valence-corrected chi connectivity index (χ4v) is 5.10. The van der Waals surface area contributed by atoms with E-state index in [0.717, 1.165) is 41.5 Å². The van der Waals surface area contributed by atoms with E-state index in [1.807, 2.05) is 30.3 Å². The molecule has 1 saturated heterocycles. The van der Waals surface area contributed by atoms with Gasteiger partial charge >= 0.3 is 6.09 Å². The molecule has 2 aromatic carbocycles. The van der Waals surface area contributed by atoms with E-state index in [1.54, 1.807) is 18.6 Å². The summed E-state index contributed by atoms with van der Waals surface area (Å²) in [5, 5.41) is 16.1. The molecule has 3 aromatic heterocycles. The fourth-order valence-electron chi connectivity index (χ4n) is 5.10. The third-order valence-electron chi connectivity index (χ3n) is 6.99. The van der Waals surface area contributed by atoms with Crippen LogP contribution < -0.4 is 20.3 Å². The van der Waals surface area contributed by atoms with Gasteiger partial charge in [0, 0.05) is 35.9 Å². The molecule has 1 aliphatic heterocycles. The van der Waals surface area contributed by atoms with Gasteiger partial charge < -0.3 is 35.3 Å². The van der Waals surface area contributed by atoms with Crippen molar-refractivity contribution in [3.05, 3.63) is 67.3 Å². The fraction of sp³-hybridized carbons (Fsp3) is 0.259. The van der Waals surface area contributed by atoms with Crippen molar-refractivity contribution in [1.82, 2.24) is 35.2 Å². The summed E-state index contributed by atoms with van der Waals surface area (Å²) in [6.45, 7) is 1.30. The molecule has 0 aliphatic carbocycles. The number of rotatable bonds is 9. The zero-order chi connectivity index (χ0) is 27.5. The van der Waals surface area contributed by atoms with Crippen LogP contribution >= 0.6 is 0 Å². The number of carbonyl (C=O) groups excluding carboxylic acids is 1. The number of hydrogen-bond donors (Lipinski definition) is 5. The van der Waals surface area contributed by atoms with Crippen LogP contribution in [0.1, 0.15) is 18.5 Å². The summed E-state index contributed by atoms with van der Waals surface area (Å²) < 4.78 is 6.35. The van der Waals surface area contributed by atoms with Crippen LogP contribution in [-0.4, -0.2) is 72.2 Å². The van der Waals surface area contributed by atoms with Gasteiger partial charge in [-0.2, -0.15) is 0 Å². The molecular weight excluding hydrogens is 514 g/mol. The van der Waals surface area contributed by atoms with Crippen molar-refractivity contribution >= 4 is 45.4 Å². The molecule has 0 radical (unpaired) electrons. The van der Waals surface area contributed by atoms with Gasteiger partial charge in [0.05, 0.1) is 18.7 Å². The average molecular weight is 542 g/mol. The van der Waals surface area contributed by atoms with Gasteiger partial charge in [0.2, 0.25) is 5.91 Å². The molecule has 2 amide bonds. The van der Waals surface area contributed by atoms with E-state index in [1.165, 1.54) is 12.7 Å². The minimum absolute atomic E-state index is 0.116. The molecule has 1 fully saturated rings. The molecule has 5 N–H and O–H groups in total. The average Bonchev–Trinajstić information content (AvgIpc) is 3.73. The first-order chi connectivity index (χ1) is 19.5. The summed E-state index contributed by atoms with van der Waals surface area (Å²) in [4.78, 5) is 49.5. The number of nitrogens with zero attached hydrogens (tertiary/aromatic N) is 5. The number of anilines is 2. The van der Waals surface area contributed by atoms with E-state index in [0.29, 0.717) is 29.4 Å². The smallest absolute Gasteiger partial charge is 0.405 e. The SMILES string of the molecule is O=C(O)N[C@@H](Cc1cnc[nH]1)C(=O)Nc1ccc2cccc(OCC3CCCN3c3ncnc4nc[nH]c34)c2c1. The Labute approximate surface area is 228 Å². The number of amides is 2. The third-order valence-corrected chi connectivity index (χ3v) is 6.99. The standard InChI is InChI=1S/C27H27N9O4/c37-26(21(35-27(38)39)10-18-11-28-13-29-18)34-17-7-6-16-3-1-5-22(20(16)9-17)40-12-19-4-2-8-36(19)25-23-24(31-14-30-23)32-15-33-25/h1,3,5-7,9,11,13-15,19,21,35H,2,4,8,10,12H2,(H,28,29)(H,34,37)(H,38,39)(H,30,31,32,33)/t19?,21-/m0/s1. The molecule has 1 aliphatic rings. The van der Waals surface area contributed by atoms with Crippen LogP contribution in [0.25, 0.3) is 21.9 Å².